The molecule has 0 aliphatic carbocycles. The van der Waals surface area contributed by atoms with Crippen molar-refractivity contribution in [3.05, 3.63) is 40.5 Å². The van der Waals surface area contributed by atoms with Crippen LogP contribution in [-0.4, -0.2) is 41.0 Å². The number of likely N-dealkylation sites (tertiary alicyclic amines) is 1. The van der Waals surface area contributed by atoms with Gasteiger partial charge in [0.05, 0.1) is 4.47 Å². The Bertz CT molecular complexity index is 778. The van der Waals surface area contributed by atoms with Gasteiger partial charge in [-0.2, -0.15) is 4.98 Å². The number of nitrogens with zero attached hydrogens (tertiary/aromatic N) is 4. The normalized spacial score (nSPS) is 23.2. The van der Waals surface area contributed by atoms with E-state index in [9.17, 15) is 0 Å². The molecular formula is C22H30BrN5. The van der Waals surface area contributed by atoms with Gasteiger partial charge in [0.1, 0.15) is 5.82 Å². The average molecular weight is 444 g/mol. The number of aromatic nitrogens is 2. The Labute approximate surface area is 176 Å². The lowest BCUT2D eigenvalue weighted by molar-refractivity contribution is 0.331. The van der Waals surface area contributed by atoms with Crippen molar-refractivity contribution in [2.45, 2.75) is 39.7 Å². The summed E-state index contributed by atoms with van der Waals surface area (Å²) in [6.45, 7) is 10.2. The van der Waals surface area contributed by atoms with Crippen LogP contribution in [0, 0.1) is 11.8 Å². The van der Waals surface area contributed by atoms with Gasteiger partial charge in [-0.3, -0.25) is 4.90 Å². The zero-order valence-corrected chi connectivity index (χ0v) is 18.5. The minimum Gasteiger partial charge on any atom is -0.355 e. The first kappa shape index (κ1) is 19.6. The molecule has 2 unspecified atom stereocenters. The summed E-state index contributed by atoms with van der Waals surface area (Å²) < 4.78 is 0.959. The first-order chi connectivity index (χ1) is 13.6. The minimum atomic E-state index is 0.649. The largest absolute Gasteiger partial charge is 0.355 e. The Morgan fingerprint density at radius 2 is 1.75 bits per heavy atom. The molecule has 4 rings (SSSR count). The molecule has 150 valence electrons. The van der Waals surface area contributed by atoms with Crippen LogP contribution in [0.4, 0.5) is 17.5 Å². The van der Waals surface area contributed by atoms with Crippen LogP contribution in [-0.2, 0) is 6.54 Å². The summed E-state index contributed by atoms with van der Waals surface area (Å²) in [5, 5.41) is 3.37. The summed E-state index contributed by atoms with van der Waals surface area (Å²) in [6, 6.07) is 8.66. The zero-order chi connectivity index (χ0) is 19.5. The van der Waals surface area contributed by atoms with E-state index in [0.717, 1.165) is 35.6 Å². The number of nitrogens with one attached hydrogen (secondary N) is 1. The van der Waals surface area contributed by atoms with E-state index < -0.39 is 0 Å². The second-order valence-electron chi connectivity index (χ2n) is 8.52. The van der Waals surface area contributed by atoms with Gasteiger partial charge in [0.25, 0.3) is 0 Å². The van der Waals surface area contributed by atoms with Gasteiger partial charge in [-0.25, -0.2) is 4.98 Å². The third-order valence-corrected chi connectivity index (χ3v) is 6.27. The van der Waals surface area contributed by atoms with Crippen LogP contribution in [0.25, 0.3) is 0 Å². The van der Waals surface area contributed by atoms with Crippen molar-refractivity contribution < 1.29 is 0 Å². The molecule has 1 aromatic heterocycles. The van der Waals surface area contributed by atoms with E-state index in [-0.39, 0.29) is 0 Å². The van der Waals surface area contributed by atoms with Gasteiger partial charge in [-0.15, -0.1) is 0 Å². The second kappa shape index (κ2) is 8.78. The molecule has 2 aromatic rings. The number of anilines is 3. The number of halogens is 1. The van der Waals surface area contributed by atoms with E-state index in [4.69, 9.17) is 4.98 Å². The molecule has 0 bridgehead atoms. The highest BCUT2D eigenvalue weighted by atomic mass is 79.9. The molecule has 0 radical (unpaired) electrons. The molecule has 2 aliphatic rings. The quantitative estimate of drug-likeness (QED) is 0.699. The fraction of sp³-hybridized carbons (Fsp3) is 0.545. The third kappa shape index (κ3) is 4.84. The van der Waals surface area contributed by atoms with E-state index in [2.05, 4.69) is 74.1 Å². The fourth-order valence-electron chi connectivity index (χ4n) is 4.50. The minimum absolute atomic E-state index is 0.649. The fourth-order valence-corrected chi connectivity index (χ4v) is 4.94. The number of piperidine rings is 1. The molecular weight excluding hydrogens is 414 g/mol. The predicted molar refractivity (Wildman–Crippen MR) is 119 cm³/mol. The lowest BCUT2D eigenvalue weighted by Gasteiger charge is -2.36. The maximum Gasteiger partial charge on any atom is 0.229 e. The summed E-state index contributed by atoms with van der Waals surface area (Å²) in [7, 11) is 0. The Balaban J connectivity index is 1.44. The van der Waals surface area contributed by atoms with Crippen molar-refractivity contribution in [2.24, 2.45) is 11.8 Å². The number of hydrogen-bond acceptors (Lipinski definition) is 5. The molecule has 6 heteroatoms. The van der Waals surface area contributed by atoms with Gasteiger partial charge in [-0.05, 0) is 77.8 Å². The highest BCUT2D eigenvalue weighted by Crippen LogP contribution is 2.31. The van der Waals surface area contributed by atoms with Crippen molar-refractivity contribution in [3.63, 3.8) is 0 Å². The molecule has 0 amide bonds. The summed E-state index contributed by atoms with van der Waals surface area (Å²) in [6.07, 6.45) is 5.80. The Hall–Kier alpha value is -1.66. The molecule has 2 atom stereocenters. The maximum atomic E-state index is 4.81. The van der Waals surface area contributed by atoms with Crippen molar-refractivity contribution in [3.8, 4) is 0 Å². The standard InChI is InChI=1S/C22H30BrN5/c1-16-11-17(2)14-28(13-16)21-20(23)12-24-22(26-21)25-19-7-5-18(6-8-19)15-27-9-3-4-10-27/h5-8,12,16-17H,3-4,9-11,13-15H2,1-2H3,(H,24,25,26). The van der Waals surface area contributed by atoms with E-state index in [1.807, 2.05) is 6.20 Å². The summed E-state index contributed by atoms with van der Waals surface area (Å²) >= 11 is 3.64. The maximum absolute atomic E-state index is 4.81. The van der Waals surface area contributed by atoms with Gasteiger partial charge < -0.3 is 10.2 Å². The first-order valence-electron chi connectivity index (χ1n) is 10.4. The van der Waals surface area contributed by atoms with E-state index in [1.54, 1.807) is 0 Å². The Morgan fingerprint density at radius 1 is 1.07 bits per heavy atom. The van der Waals surface area contributed by atoms with E-state index in [1.165, 1.54) is 37.9 Å². The highest BCUT2D eigenvalue weighted by Gasteiger charge is 2.24. The Kier molecular flexibility index (Phi) is 6.16. The van der Waals surface area contributed by atoms with Gasteiger partial charge in [-0.1, -0.05) is 26.0 Å². The molecule has 1 N–H and O–H groups in total. The van der Waals surface area contributed by atoms with Crippen LogP contribution in [0.5, 0.6) is 0 Å². The topological polar surface area (TPSA) is 44.3 Å². The SMILES string of the molecule is CC1CC(C)CN(c2nc(Nc3ccc(CN4CCCC4)cc3)ncc2Br)C1. The van der Waals surface area contributed by atoms with E-state index in [0.29, 0.717) is 17.8 Å². The highest BCUT2D eigenvalue weighted by molar-refractivity contribution is 9.10. The average Bonchev–Trinajstić information content (AvgIpc) is 3.17. The molecule has 0 spiro atoms. The zero-order valence-electron chi connectivity index (χ0n) is 16.9. The van der Waals surface area contributed by atoms with Crippen LogP contribution >= 0.6 is 15.9 Å². The van der Waals surface area contributed by atoms with Crippen molar-refractivity contribution in [2.75, 3.05) is 36.4 Å². The second-order valence-corrected chi connectivity index (χ2v) is 9.38. The molecule has 1 aromatic carbocycles. The molecule has 28 heavy (non-hydrogen) atoms. The molecule has 2 fully saturated rings. The van der Waals surface area contributed by atoms with Crippen LogP contribution in [0.3, 0.4) is 0 Å². The molecule has 5 nitrogen and oxygen atoms in total. The van der Waals surface area contributed by atoms with Gasteiger partial charge in [0, 0.05) is 31.5 Å². The first-order valence-corrected chi connectivity index (χ1v) is 11.2. The van der Waals surface area contributed by atoms with Crippen LogP contribution in [0.1, 0.15) is 38.7 Å². The van der Waals surface area contributed by atoms with Crippen molar-refractivity contribution in [1.29, 1.82) is 0 Å². The summed E-state index contributed by atoms with van der Waals surface area (Å²) in [5.74, 6) is 3.01. The van der Waals surface area contributed by atoms with Gasteiger partial charge in [0.2, 0.25) is 5.95 Å². The van der Waals surface area contributed by atoms with Gasteiger partial charge in [0.15, 0.2) is 0 Å². The van der Waals surface area contributed by atoms with Crippen molar-refractivity contribution in [1.82, 2.24) is 14.9 Å². The van der Waals surface area contributed by atoms with Crippen LogP contribution < -0.4 is 10.2 Å². The van der Waals surface area contributed by atoms with E-state index >= 15 is 0 Å². The number of benzene rings is 1. The molecule has 0 saturated carbocycles. The third-order valence-electron chi connectivity index (χ3n) is 5.71. The van der Waals surface area contributed by atoms with Crippen molar-refractivity contribution >= 4 is 33.4 Å². The lowest BCUT2D eigenvalue weighted by Crippen LogP contribution is -2.39. The summed E-state index contributed by atoms with van der Waals surface area (Å²) in [5.41, 5.74) is 2.39. The molecule has 2 aliphatic heterocycles. The van der Waals surface area contributed by atoms with Crippen LogP contribution in [0.15, 0.2) is 34.9 Å². The summed E-state index contributed by atoms with van der Waals surface area (Å²) in [4.78, 5) is 14.2. The Morgan fingerprint density at radius 3 is 2.43 bits per heavy atom. The number of rotatable bonds is 5. The molecule has 2 saturated heterocycles. The smallest absolute Gasteiger partial charge is 0.229 e. The number of hydrogen-bond donors (Lipinski definition) is 1. The predicted octanol–water partition coefficient (Wildman–Crippen LogP) is 5.06. The van der Waals surface area contributed by atoms with Crippen LogP contribution in [0.2, 0.25) is 0 Å². The van der Waals surface area contributed by atoms with Gasteiger partial charge >= 0.3 is 0 Å². The lowest BCUT2D eigenvalue weighted by atomic mass is 9.92. The monoisotopic (exact) mass is 443 g/mol. The molecule has 3 heterocycles.